The summed E-state index contributed by atoms with van der Waals surface area (Å²) in [5.74, 6) is 3.35. The fourth-order valence-electron chi connectivity index (χ4n) is 1.75. The Morgan fingerprint density at radius 2 is 1.88 bits per heavy atom. The Bertz CT molecular complexity index is 378. The molecule has 1 aromatic heterocycles. The van der Waals surface area contributed by atoms with E-state index < -0.39 is 0 Å². The number of rotatable bonds is 2. The molecule has 2 rings (SSSR count). The molecule has 0 aromatic carbocycles. The van der Waals surface area contributed by atoms with E-state index in [0.29, 0.717) is 11.2 Å². The molecule has 1 aromatic rings. The molecule has 0 atom stereocenters. The summed E-state index contributed by atoms with van der Waals surface area (Å²) in [4.78, 5) is 0. The predicted octanol–water partition coefficient (Wildman–Crippen LogP) is 3.05. The van der Waals surface area contributed by atoms with Gasteiger partial charge >= 0.3 is 0 Å². The second kappa shape index (κ2) is 5.23. The standard InChI is InChI=1S/C11H16ClN3S/c1-7-8(2)11(15-14-10(7)12)13-9-3-5-16-6-4-9/h9H,3-6H2,1-2H3,(H,13,15). The van der Waals surface area contributed by atoms with Crippen molar-refractivity contribution in [3.8, 4) is 0 Å². The second-order valence-corrected chi connectivity index (χ2v) is 5.70. The Morgan fingerprint density at radius 1 is 1.19 bits per heavy atom. The molecule has 0 aliphatic carbocycles. The molecule has 0 unspecified atom stereocenters. The summed E-state index contributed by atoms with van der Waals surface area (Å²) in [5, 5.41) is 12.1. The van der Waals surface area contributed by atoms with E-state index in [9.17, 15) is 0 Å². The monoisotopic (exact) mass is 257 g/mol. The smallest absolute Gasteiger partial charge is 0.155 e. The quantitative estimate of drug-likeness (QED) is 0.884. The number of nitrogens with zero attached hydrogens (tertiary/aromatic N) is 2. The van der Waals surface area contributed by atoms with Gasteiger partial charge in [0.25, 0.3) is 0 Å². The van der Waals surface area contributed by atoms with Crippen LogP contribution >= 0.6 is 23.4 Å². The highest BCUT2D eigenvalue weighted by Gasteiger charge is 2.16. The highest BCUT2D eigenvalue weighted by Crippen LogP contribution is 2.24. The first-order chi connectivity index (χ1) is 7.68. The molecular formula is C11H16ClN3S. The summed E-state index contributed by atoms with van der Waals surface area (Å²) in [6, 6.07) is 0.537. The summed E-state index contributed by atoms with van der Waals surface area (Å²) in [7, 11) is 0. The van der Waals surface area contributed by atoms with Crippen LogP contribution in [0.2, 0.25) is 5.15 Å². The Labute approximate surface area is 105 Å². The molecule has 0 spiro atoms. The van der Waals surface area contributed by atoms with Crippen LogP contribution in [0.5, 0.6) is 0 Å². The molecule has 0 bridgehead atoms. The van der Waals surface area contributed by atoms with E-state index in [1.165, 1.54) is 24.3 Å². The van der Waals surface area contributed by atoms with Gasteiger partial charge in [-0.25, -0.2) is 0 Å². The average molecular weight is 258 g/mol. The van der Waals surface area contributed by atoms with E-state index >= 15 is 0 Å². The van der Waals surface area contributed by atoms with Gasteiger partial charge in [0.05, 0.1) is 0 Å². The maximum atomic E-state index is 5.92. The van der Waals surface area contributed by atoms with E-state index in [1.54, 1.807) is 0 Å². The first kappa shape index (κ1) is 12.0. The lowest BCUT2D eigenvalue weighted by atomic mass is 10.1. The third kappa shape index (κ3) is 2.61. The van der Waals surface area contributed by atoms with Gasteiger partial charge in [-0.1, -0.05) is 11.6 Å². The molecule has 88 valence electrons. The fraction of sp³-hybridized carbons (Fsp3) is 0.636. The Balaban J connectivity index is 2.11. The Kier molecular flexibility index (Phi) is 3.92. The van der Waals surface area contributed by atoms with Crippen molar-refractivity contribution in [1.82, 2.24) is 10.2 Å². The molecule has 1 aliphatic heterocycles. The molecule has 0 radical (unpaired) electrons. The summed E-state index contributed by atoms with van der Waals surface area (Å²) in [5.41, 5.74) is 2.13. The second-order valence-electron chi connectivity index (χ2n) is 4.12. The molecule has 0 amide bonds. The first-order valence-electron chi connectivity index (χ1n) is 5.52. The van der Waals surface area contributed by atoms with Crippen LogP contribution < -0.4 is 5.32 Å². The van der Waals surface area contributed by atoms with Crippen molar-refractivity contribution >= 4 is 29.2 Å². The molecule has 1 N–H and O–H groups in total. The van der Waals surface area contributed by atoms with Crippen LogP contribution in [0.15, 0.2) is 0 Å². The van der Waals surface area contributed by atoms with Gasteiger partial charge < -0.3 is 5.32 Å². The Hall–Kier alpha value is -0.480. The van der Waals surface area contributed by atoms with Gasteiger partial charge in [-0.2, -0.15) is 11.8 Å². The largest absolute Gasteiger partial charge is 0.366 e. The van der Waals surface area contributed by atoms with Crippen molar-refractivity contribution in [2.75, 3.05) is 16.8 Å². The zero-order valence-corrected chi connectivity index (χ0v) is 11.2. The fourth-order valence-corrected chi connectivity index (χ4v) is 3.03. The Morgan fingerprint density at radius 3 is 2.56 bits per heavy atom. The van der Waals surface area contributed by atoms with E-state index in [-0.39, 0.29) is 0 Å². The number of anilines is 1. The van der Waals surface area contributed by atoms with E-state index in [0.717, 1.165) is 16.9 Å². The molecule has 1 aliphatic rings. The lowest BCUT2D eigenvalue weighted by molar-refractivity contribution is 0.660. The molecule has 2 heterocycles. The lowest BCUT2D eigenvalue weighted by Crippen LogP contribution is -2.25. The highest BCUT2D eigenvalue weighted by molar-refractivity contribution is 7.99. The number of halogens is 1. The van der Waals surface area contributed by atoms with Gasteiger partial charge in [0.2, 0.25) is 0 Å². The number of nitrogens with one attached hydrogen (secondary N) is 1. The van der Waals surface area contributed by atoms with Crippen molar-refractivity contribution in [3.63, 3.8) is 0 Å². The van der Waals surface area contributed by atoms with E-state index in [2.05, 4.69) is 15.5 Å². The normalized spacial score (nSPS) is 17.4. The molecular weight excluding hydrogens is 242 g/mol. The average Bonchev–Trinajstić information content (AvgIpc) is 2.31. The molecule has 1 saturated heterocycles. The topological polar surface area (TPSA) is 37.8 Å². The molecule has 16 heavy (non-hydrogen) atoms. The van der Waals surface area contributed by atoms with E-state index in [1.807, 2.05) is 25.6 Å². The first-order valence-corrected chi connectivity index (χ1v) is 7.05. The van der Waals surface area contributed by atoms with Crippen LogP contribution in [0.4, 0.5) is 5.82 Å². The van der Waals surface area contributed by atoms with Crippen LogP contribution in [0, 0.1) is 13.8 Å². The summed E-state index contributed by atoms with van der Waals surface area (Å²) in [6.45, 7) is 4.02. The van der Waals surface area contributed by atoms with Crippen molar-refractivity contribution in [2.24, 2.45) is 0 Å². The van der Waals surface area contributed by atoms with Gasteiger partial charge in [0.1, 0.15) is 0 Å². The predicted molar refractivity (Wildman–Crippen MR) is 70.5 cm³/mol. The summed E-state index contributed by atoms with van der Waals surface area (Å²) >= 11 is 7.95. The number of hydrogen-bond donors (Lipinski definition) is 1. The van der Waals surface area contributed by atoms with Crippen LogP contribution in [0.25, 0.3) is 0 Å². The zero-order chi connectivity index (χ0) is 11.5. The molecule has 0 saturated carbocycles. The van der Waals surface area contributed by atoms with Crippen LogP contribution in [0.1, 0.15) is 24.0 Å². The number of hydrogen-bond acceptors (Lipinski definition) is 4. The van der Waals surface area contributed by atoms with Crippen LogP contribution in [0.3, 0.4) is 0 Å². The van der Waals surface area contributed by atoms with Crippen LogP contribution in [-0.4, -0.2) is 27.7 Å². The molecule has 1 fully saturated rings. The minimum atomic E-state index is 0.502. The highest BCUT2D eigenvalue weighted by atomic mass is 35.5. The number of thioether (sulfide) groups is 1. The summed E-state index contributed by atoms with van der Waals surface area (Å²) < 4.78 is 0. The summed E-state index contributed by atoms with van der Waals surface area (Å²) in [6.07, 6.45) is 2.40. The van der Waals surface area contributed by atoms with Crippen molar-refractivity contribution < 1.29 is 0 Å². The van der Waals surface area contributed by atoms with Gasteiger partial charge in [-0.15, -0.1) is 10.2 Å². The van der Waals surface area contributed by atoms with Gasteiger partial charge in [0, 0.05) is 6.04 Å². The maximum absolute atomic E-state index is 5.92. The number of aromatic nitrogens is 2. The SMILES string of the molecule is Cc1c(Cl)nnc(NC2CCSCC2)c1C. The van der Waals surface area contributed by atoms with Crippen LogP contribution in [-0.2, 0) is 0 Å². The van der Waals surface area contributed by atoms with Crippen molar-refractivity contribution in [1.29, 1.82) is 0 Å². The van der Waals surface area contributed by atoms with Gasteiger partial charge in [0.15, 0.2) is 11.0 Å². The van der Waals surface area contributed by atoms with E-state index in [4.69, 9.17) is 11.6 Å². The zero-order valence-electron chi connectivity index (χ0n) is 9.59. The van der Waals surface area contributed by atoms with Gasteiger partial charge in [-0.3, -0.25) is 0 Å². The molecule has 5 heteroatoms. The molecule has 3 nitrogen and oxygen atoms in total. The third-order valence-electron chi connectivity index (χ3n) is 3.03. The lowest BCUT2D eigenvalue weighted by Gasteiger charge is -2.23. The minimum Gasteiger partial charge on any atom is -0.366 e. The van der Waals surface area contributed by atoms with Crippen molar-refractivity contribution in [3.05, 3.63) is 16.3 Å². The van der Waals surface area contributed by atoms with Gasteiger partial charge in [-0.05, 0) is 49.3 Å². The van der Waals surface area contributed by atoms with Crippen molar-refractivity contribution in [2.45, 2.75) is 32.7 Å². The third-order valence-corrected chi connectivity index (χ3v) is 4.43. The minimum absolute atomic E-state index is 0.502. The maximum Gasteiger partial charge on any atom is 0.155 e.